The maximum absolute atomic E-state index is 5.86. The predicted octanol–water partition coefficient (Wildman–Crippen LogP) is 2.95. The van der Waals surface area contributed by atoms with E-state index in [1.807, 2.05) is 18.2 Å². The van der Waals surface area contributed by atoms with Crippen LogP contribution in [0.1, 0.15) is 0 Å². The van der Waals surface area contributed by atoms with E-state index in [9.17, 15) is 0 Å². The van der Waals surface area contributed by atoms with Crippen LogP contribution in [0.15, 0.2) is 18.2 Å². The second-order valence-corrected chi connectivity index (χ2v) is 3.30. The molecule has 0 saturated carbocycles. The van der Waals surface area contributed by atoms with E-state index in [2.05, 4.69) is 22.6 Å². The molecular formula is C7H6ClIO. The van der Waals surface area contributed by atoms with Gasteiger partial charge in [-0.05, 0) is 34.7 Å². The van der Waals surface area contributed by atoms with E-state index in [-0.39, 0.29) is 0 Å². The molecule has 0 heterocycles. The van der Waals surface area contributed by atoms with Gasteiger partial charge in [0, 0.05) is 3.57 Å². The minimum atomic E-state index is 0.686. The number of halogens is 2. The molecule has 0 aliphatic heterocycles. The minimum Gasteiger partial charge on any atom is -0.495 e. The summed E-state index contributed by atoms with van der Waals surface area (Å²) in [7, 11) is 1.61. The van der Waals surface area contributed by atoms with Gasteiger partial charge in [-0.25, -0.2) is 0 Å². The second-order valence-electron chi connectivity index (χ2n) is 1.76. The Labute approximate surface area is 78.5 Å². The van der Waals surface area contributed by atoms with Crippen molar-refractivity contribution in [1.82, 2.24) is 0 Å². The van der Waals surface area contributed by atoms with Gasteiger partial charge in [0.05, 0.1) is 12.1 Å². The molecular weight excluding hydrogens is 262 g/mol. The first-order chi connectivity index (χ1) is 4.75. The molecule has 0 unspecified atom stereocenters. The Balaban J connectivity index is 3.14. The average molecular weight is 268 g/mol. The molecule has 0 aliphatic rings. The summed E-state index contributed by atoms with van der Waals surface area (Å²) in [6, 6.07) is 5.68. The standard InChI is InChI=1S/C7H6ClIO/c1-10-6-4-2-3-5(9)7(6)8/h2-4H,1H3. The summed E-state index contributed by atoms with van der Waals surface area (Å²) in [4.78, 5) is 0. The van der Waals surface area contributed by atoms with E-state index >= 15 is 0 Å². The zero-order valence-electron chi connectivity index (χ0n) is 5.40. The van der Waals surface area contributed by atoms with Crippen LogP contribution >= 0.6 is 34.2 Å². The number of ether oxygens (including phenoxy) is 1. The van der Waals surface area contributed by atoms with E-state index in [4.69, 9.17) is 16.3 Å². The van der Waals surface area contributed by atoms with Crippen LogP contribution < -0.4 is 4.74 Å². The summed E-state index contributed by atoms with van der Waals surface area (Å²) in [5, 5.41) is 0.686. The second kappa shape index (κ2) is 3.44. The summed E-state index contributed by atoms with van der Waals surface area (Å²) >= 11 is 8.02. The predicted molar refractivity (Wildman–Crippen MR) is 50.7 cm³/mol. The van der Waals surface area contributed by atoms with Crippen molar-refractivity contribution in [1.29, 1.82) is 0 Å². The molecule has 0 aliphatic carbocycles. The Bertz CT molecular complexity index is 237. The van der Waals surface area contributed by atoms with Crippen LogP contribution in [0.4, 0.5) is 0 Å². The zero-order valence-corrected chi connectivity index (χ0v) is 8.31. The van der Waals surface area contributed by atoms with Gasteiger partial charge in [-0.3, -0.25) is 0 Å². The van der Waals surface area contributed by atoms with E-state index in [1.54, 1.807) is 7.11 Å². The molecule has 0 amide bonds. The fourth-order valence-electron chi connectivity index (χ4n) is 0.642. The lowest BCUT2D eigenvalue weighted by Crippen LogP contribution is -1.84. The number of methoxy groups -OCH3 is 1. The van der Waals surface area contributed by atoms with Crippen LogP contribution in [0.25, 0.3) is 0 Å². The lowest BCUT2D eigenvalue weighted by atomic mass is 10.3. The average Bonchev–Trinajstić information content (AvgIpc) is 1.95. The summed E-state index contributed by atoms with van der Waals surface area (Å²) in [6.45, 7) is 0. The van der Waals surface area contributed by atoms with Gasteiger partial charge in [-0.1, -0.05) is 17.7 Å². The highest BCUT2D eigenvalue weighted by Gasteiger charge is 2.01. The van der Waals surface area contributed by atoms with Crippen molar-refractivity contribution in [2.24, 2.45) is 0 Å². The summed E-state index contributed by atoms with van der Waals surface area (Å²) in [6.07, 6.45) is 0. The molecule has 0 fully saturated rings. The van der Waals surface area contributed by atoms with Crippen molar-refractivity contribution in [2.45, 2.75) is 0 Å². The molecule has 0 N–H and O–H groups in total. The summed E-state index contributed by atoms with van der Waals surface area (Å²) in [5.74, 6) is 0.730. The molecule has 0 atom stereocenters. The molecule has 0 aromatic heterocycles. The lowest BCUT2D eigenvalue weighted by Gasteiger charge is -2.02. The highest BCUT2D eigenvalue weighted by Crippen LogP contribution is 2.28. The van der Waals surface area contributed by atoms with Crippen molar-refractivity contribution in [3.63, 3.8) is 0 Å². The number of hydrogen-bond donors (Lipinski definition) is 0. The highest BCUT2D eigenvalue weighted by atomic mass is 127. The Morgan fingerprint density at radius 3 is 2.70 bits per heavy atom. The molecule has 1 aromatic rings. The highest BCUT2D eigenvalue weighted by molar-refractivity contribution is 14.1. The fourth-order valence-corrected chi connectivity index (χ4v) is 1.32. The number of benzene rings is 1. The molecule has 1 nitrogen and oxygen atoms in total. The lowest BCUT2D eigenvalue weighted by molar-refractivity contribution is 0.414. The van der Waals surface area contributed by atoms with Gasteiger partial charge in [0.15, 0.2) is 0 Å². The Hall–Kier alpha value is 0.0400. The smallest absolute Gasteiger partial charge is 0.138 e. The van der Waals surface area contributed by atoms with Crippen molar-refractivity contribution in [3.8, 4) is 5.75 Å². The van der Waals surface area contributed by atoms with Crippen LogP contribution in [0.2, 0.25) is 5.02 Å². The summed E-state index contributed by atoms with van der Waals surface area (Å²) in [5.41, 5.74) is 0. The molecule has 10 heavy (non-hydrogen) atoms. The molecule has 1 aromatic carbocycles. The normalized spacial score (nSPS) is 9.50. The van der Waals surface area contributed by atoms with Gasteiger partial charge in [-0.2, -0.15) is 0 Å². The number of hydrogen-bond acceptors (Lipinski definition) is 1. The van der Waals surface area contributed by atoms with Crippen LogP contribution in [0.5, 0.6) is 5.75 Å². The maximum Gasteiger partial charge on any atom is 0.138 e. The quantitative estimate of drug-likeness (QED) is 0.712. The molecule has 3 heteroatoms. The molecule has 0 spiro atoms. The topological polar surface area (TPSA) is 9.23 Å². The van der Waals surface area contributed by atoms with Crippen LogP contribution in [0.3, 0.4) is 0 Å². The third kappa shape index (κ3) is 1.55. The first kappa shape index (κ1) is 8.14. The largest absolute Gasteiger partial charge is 0.495 e. The van der Waals surface area contributed by atoms with Gasteiger partial charge in [0.2, 0.25) is 0 Å². The minimum absolute atomic E-state index is 0.686. The van der Waals surface area contributed by atoms with Crippen LogP contribution in [-0.4, -0.2) is 7.11 Å². The number of rotatable bonds is 1. The Kier molecular flexibility index (Phi) is 2.80. The monoisotopic (exact) mass is 268 g/mol. The molecule has 0 bridgehead atoms. The van der Waals surface area contributed by atoms with Crippen molar-refractivity contribution < 1.29 is 4.74 Å². The Morgan fingerprint density at radius 2 is 2.20 bits per heavy atom. The van der Waals surface area contributed by atoms with Gasteiger partial charge < -0.3 is 4.74 Å². The van der Waals surface area contributed by atoms with E-state index in [0.717, 1.165) is 9.32 Å². The first-order valence-corrected chi connectivity index (χ1v) is 4.19. The van der Waals surface area contributed by atoms with Gasteiger partial charge in [0.25, 0.3) is 0 Å². The van der Waals surface area contributed by atoms with E-state index in [0.29, 0.717) is 5.02 Å². The van der Waals surface area contributed by atoms with Gasteiger partial charge in [0.1, 0.15) is 5.75 Å². The Morgan fingerprint density at radius 1 is 1.50 bits per heavy atom. The van der Waals surface area contributed by atoms with Crippen LogP contribution in [0, 0.1) is 3.57 Å². The molecule has 0 radical (unpaired) electrons. The third-order valence-corrected chi connectivity index (χ3v) is 2.74. The van der Waals surface area contributed by atoms with E-state index < -0.39 is 0 Å². The maximum atomic E-state index is 5.86. The van der Waals surface area contributed by atoms with Gasteiger partial charge in [-0.15, -0.1) is 0 Å². The third-order valence-electron chi connectivity index (χ3n) is 1.14. The van der Waals surface area contributed by atoms with Crippen molar-refractivity contribution in [2.75, 3.05) is 7.11 Å². The van der Waals surface area contributed by atoms with Crippen molar-refractivity contribution >= 4 is 34.2 Å². The zero-order chi connectivity index (χ0) is 7.56. The molecule has 1 rings (SSSR count). The SMILES string of the molecule is COc1cccc(I)c1Cl. The fraction of sp³-hybridized carbons (Fsp3) is 0.143. The van der Waals surface area contributed by atoms with Crippen LogP contribution in [-0.2, 0) is 0 Å². The first-order valence-electron chi connectivity index (χ1n) is 2.73. The molecule has 0 saturated heterocycles. The van der Waals surface area contributed by atoms with Crippen molar-refractivity contribution in [3.05, 3.63) is 26.8 Å². The van der Waals surface area contributed by atoms with E-state index in [1.165, 1.54) is 0 Å². The molecule has 54 valence electrons. The summed E-state index contributed by atoms with van der Waals surface area (Å²) < 4.78 is 6.00. The van der Waals surface area contributed by atoms with Gasteiger partial charge >= 0.3 is 0 Å².